The molecule has 0 saturated heterocycles. The molecule has 0 saturated carbocycles. The quantitative estimate of drug-likeness (QED) is 0.870. The Morgan fingerprint density at radius 2 is 1.95 bits per heavy atom. The average Bonchev–Trinajstić information content (AvgIpc) is 2.46. The van der Waals surface area contributed by atoms with Gasteiger partial charge < -0.3 is 15.8 Å². The standard InChI is InChI=1S/C16H17BrN2O2/c1-11-2-7-14(15(17)10-11)16(20)19-12-3-5-13(6-4-12)21-9-8-18/h2-7,10H,8-9,18H2,1H3,(H,19,20). The summed E-state index contributed by atoms with van der Waals surface area (Å²) in [4.78, 5) is 12.2. The topological polar surface area (TPSA) is 64.3 Å². The highest BCUT2D eigenvalue weighted by Crippen LogP contribution is 2.21. The predicted molar refractivity (Wildman–Crippen MR) is 87.8 cm³/mol. The number of ether oxygens (including phenoxy) is 1. The molecule has 0 bridgehead atoms. The van der Waals surface area contributed by atoms with E-state index >= 15 is 0 Å². The summed E-state index contributed by atoms with van der Waals surface area (Å²) < 4.78 is 6.17. The van der Waals surface area contributed by atoms with Crippen LogP contribution in [0.5, 0.6) is 5.75 Å². The first-order valence-corrected chi connectivity index (χ1v) is 7.40. The van der Waals surface area contributed by atoms with Gasteiger partial charge in [0.05, 0.1) is 5.56 Å². The molecule has 0 aliphatic rings. The van der Waals surface area contributed by atoms with Crippen molar-refractivity contribution in [3.63, 3.8) is 0 Å². The van der Waals surface area contributed by atoms with Crippen molar-refractivity contribution in [3.05, 3.63) is 58.1 Å². The molecule has 0 unspecified atom stereocenters. The molecule has 0 atom stereocenters. The van der Waals surface area contributed by atoms with Gasteiger partial charge in [-0.3, -0.25) is 4.79 Å². The van der Waals surface area contributed by atoms with Gasteiger partial charge in [-0.15, -0.1) is 0 Å². The van der Waals surface area contributed by atoms with E-state index in [1.54, 1.807) is 30.3 Å². The molecule has 21 heavy (non-hydrogen) atoms. The first kappa shape index (κ1) is 15.5. The van der Waals surface area contributed by atoms with Gasteiger partial charge in [-0.2, -0.15) is 0 Å². The molecule has 0 aliphatic heterocycles. The molecule has 2 aromatic carbocycles. The van der Waals surface area contributed by atoms with Gasteiger partial charge in [0.15, 0.2) is 0 Å². The molecule has 5 heteroatoms. The fraction of sp³-hybridized carbons (Fsp3) is 0.188. The van der Waals surface area contributed by atoms with Gasteiger partial charge in [-0.1, -0.05) is 6.07 Å². The molecule has 0 spiro atoms. The second-order valence-electron chi connectivity index (χ2n) is 4.60. The maximum Gasteiger partial charge on any atom is 0.256 e. The van der Waals surface area contributed by atoms with Crippen LogP contribution >= 0.6 is 15.9 Å². The van der Waals surface area contributed by atoms with E-state index in [1.807, 2.05) is 19.1 Å². The summed E-state index contributed by atoms with van der Waals surface area (Å²) in [5.41, 5.74) is 7.79. The van der Waals surface area contributed by atoms with Gasteiger partial charge in [0.1, 0.15) is 12.4 Å². The molecule has 3 N–H and O–H groups in total. The number of carbonyl (C=O) groups is 1. The van der Waals surface area contributed by atoms with E-state index in [2.05, 4.69) is 21.2 Å². The van der Waals surface area contributed by atoms with Gasteiger partial charge in [0, 0.05) is 16.7 Å². The third kappa shape index (κ3) is 4.31. The van der Waals surface area contributed by atoms with Gasteiger partial charge in [0.2, 0.25) is 0 Å². The molecular weight excluding hydrogens is 332 g/mol. The molecular formula is C16H17BrN2O2. The summed E-state index contributed by atoms with van der Waals surface area (Å²) in [6.45, 7) is 2.93. The van der Waals surface area contributed by atoms with Gasteiger partial charge in [-0.25, -0.2) is 0 Å². The van der Waals surface area contributed by atoms with E-state index in [1.165, 1.54) is 0 Å². The first-order chi connectivity index (χ1) is 10.1. The Balaban J connectivity index is 2.05. The normalized spacial score (nSPS) is 10.2. The maximum absolute atomic E-state index is 12.2. The number of rotatable bonds is 5. The molecule has 1 amide bonds. The van der Waals surface area contributed by atoms with Crippen molar-refractivity contribution in [1.29, 1.82) is 0 Å². The van der Waals surface area contributed by atoms with Crippen molar-refractivity contribution >= 4 is 27.5 Å². The summed E-state index contributed by atoms with van der Waals surface area (Å²) in [5.74, 6) is 0.576. The van der Waals surface area contributed by atoms with Crippen LogP contribution in [0.25, 0.3) is 0 Å². The number of amides is 1. The Morgan fingerprint density at radius 1 is 1.24 bits per heavy atom. The SMILES string of the molecule is Cc1ccc(C(=O)Nc2ccc(OCCN)cc2)c(Br)c1. The number of carbonyl (C=O) groups excluding carboxylic acids is 1. The first-order valence-electron chi connectivity index (χ1n) is 6.60. The van der Waals surface area contributed by atoms with E-state index in [-0.39, 0.29) is 5.91 Å². The largest absolute Gasteiger partial charge is 0.492 e. The van der Waals surface area contributed by atoms with Crippen molar-refractivity contribution in [2.75, 3.05) is 18.5 Å². The summed E-state index contributed by atoms with van der Waals surface area (Å²) in [6, 6.07) is 12.8. The summed E-state index contributed by atoms with van der Waals surface area (Å²) in [5, 5.41) is 2.85. The van der Waals surface area contributed by atoms with Crippen LogP contribution in [0.2, 0.25) is 0 Å². The van der Waals surface area contributed by atoms with Crippen molar-refractivity contribution in [2.45, 2.75) is 6.92 Å². The molecule has 0 heterocycles. The number of nitrogens with two attached hydrogens (primary N) is 1. The summed E-state index contributed by atoms with van der Waals surface area (Å²) in [6.07, 6.45) is 0. The number of nitrogens with one attached hydrogen (secondary N) is 1. The minimum Gasteiger partial charge on any atom is -0.492 e. The van der Waals surface area contributed by atoms with Crippen LogP contribution in [0, 0.1) is 6.92 Å². The third-order valence-electron chi connectivity index (χ3n) is 2.87. The lowest BCUT2D eigenvalue weighted by Crippen LogP contribution is -2.13. The van der Waals surface area contributed by atoms with Crippen LogP contribution in [-0.2, 0) is 0 Å². The lowest BCUT2D eigenvalue weighted by molar-refractivity contribution is 0.102. The molecule has 0 aliphatic carbocycles. The molecule has 0 aromatic heterocycles. The maximum atomic E-state index is 12.2. The van der Waals surface area contributed by atoms with Crippen LogP contribution in [-0.4, -0.2) is 19.1 Å². The van der Waals surface area contributed by atoms with E-state index < -0.39 is 0 Å². The molecule has 2 aromatic rings. The molecule has 0 fully saturated rings. The Bertz CT molecular complexity index is 627. The minimum atomic E-state index is -0.155. The fourth-order valence-electron chi connectivity index (χ4n) is 1.81. The van der Waals surface area contributed by atoms with Gasteiger partial charge in [0.25, 0.3) is 5.91 Å². The van der Waals surface area contributed by atoms with Gasteiger partial charge in [-0.05, 0) is 64.8 Å². The van der Waals surface area contributed by atoms with Crippen molar-refractivity contribution < 1.29 is 9.53 Å². The number of anilines is 1. The third-order valence-corrected chi connectivity index (χ3v) is 3.52. The van der Waals surface area contributed by atoms with Crippen LogP contribution in [0.4, 0.5) is 5.69 Å². The summed E-state index contributed by atoms with van der Waals surface area (Å²) >= 11 is 3.41. The van der Waals surface area contributed by atoms with Crippen LogP contribution in [0.1, 0.15) is 15.9 Å². The Labute approximate surface area is 132 Å². The Morgan fingerprint density at radius 3 is 2.57 bits per heavy atom. The zero-order valence-electron chi connectivity index (χ0n) is 11.7. The van der Waals surface area contributed by atoms with Crippen LogP contribution < -0.4 is 15.8 Å². The lowest BCUT2D eigenvalue weighted by atomic mass is 10.1. The molecule has 2 rings (SSSR count). The van der Waals surface area contributed by atoms with E-state index in [0.29, 0.717) is 24.4 Å². The molecule has 0 radical (unpaired) electrons. The smallest absolute Gasteiger partial charge is 0.256 e. The number of hydrogen-bond donors (Lipinski definition) is 2. The number of hydrogen-bond acceptors (Lipinski definition) is 3. The fourth-order valence-corrected chi connectivity index (χ4v) is 2.49. The lowest BCUT2D eigenvalue weighted by Gasteiger charge is -2.09. The van der Waals surface area contributed by atoms with Gasteiger partial charge >= 0.3 is 0 Å². The minimum absolute atomic E-state index is 0.155. The number of benzene rings is 2. The second-order valence-corrected chi connectivity index (χ2v) is 5.45. The Hall–Kier alpha value is -1.85. The summed E-state index contributed by atoms with van der Waals surface area (Å²) in [7, 11) is 0. The number of aryl methyl sites for hydroxylation is 1. The van der Waals surface area contributed by atoms with E-state index in [9.17, 15) is 4.79 Å². The van der Waals surface area contributed by atoms with Crippen LogP contribution in [0.15, 0.2) is 46.9 Å². The average molecular weight is 349 g/mol. The predicted octanol–water partition coefficient (Wildman–Crippen LogP) is 3.35. The van der Waals surface area contributed by atoms with Crippen molar-refractivity contribution in [3.8, 4) is 5.75 Å². The number of halogens is 1. The highest BCUT2D eigenvalue weighted by molar-refractivity contribution is 9.10. The zero-order chi connectivity index (χ0) is 15.2. The highest BCUT2D eigenvalue weighted by atomic mass is 79.9. The Kier molecular flexibility index (Phi) is 5.36. The zero-order valence-corrected chi connectivity index (χ0v) is 13.3. The van der Waals surface area contributed by atoms with Crippen LogP contribution in [0.3, 0.4) is 0 Å². The monoisotopic (exact) mass is 348 g/mol. The van der Waals surface area contributed by atoms with E-state index in [4.69, 9.17) is 10.5 Å². The second kappa shape index (κ2) is 7.24. The van der Waals surface area contributed by atoms with E-state index in [0.717, 1.165) is 15.8 Å². The molecule has 110 valence electrons. The van der Waals surface area contributed by atoms with Crippen molar-refractivity contribution in [1.82, 2.24) is 0 Å². The van der Waals surface area contributed by atoms with Crippen molar-refractivity contribution in [2.24, 2.45) is 5.73 Å². The molecule has 4 nitrogen and oxygen atoms in total. The highest BCUT2D eigenvalue weighted by Gasteiger charge is 2.10.